The predicted octanol–water partition coefficient (Wildman–Crippen LogP) is 0.870. The molecule has 19 heavy (non-hydrogen) atoms. The average Bonchev–Trinajstić information content (AvgIpc) is 2.30. The Kier molecular flexibility index (Phi) is 3.01. The fourth-order valence-electron chi connectivity index (χ4n) is 1.86. The molecule has 6 nitrogen and oxygen atoms in total. The van der Waals surface area contributed by atoms with E-state index in [4.69, 9.17) is 5.11 Å². The van der Waals surface area contributed by atoms with Crippen molar-refractivity contribution in [3.05, 3.63) is 44.5 Å². The standard InChI is InChI=1S/C13H14N2O4/c1-13(2,12(18)19)6-7-3-4-8-9(5-7)15-11(17)10(16)14-8/h3-5H,6H2,1-2H3,(H,14,16)(H,15,17)(H,18,19). The van der Waals surface area contributed by atoms with Gasteiger partial charge in [0.1, 0.15) is 0 Å². The van der Waals surface area contributed by atoms with Gasteiger partial charge < -0.3 is 15.1 Å². The third-order valence-corrected chi connectivity index (χ3v) is 3.01. The van der Waals surface area contributed by atoms with E-state index in [-0.39, 0.29) is 0 Å². The summed E-state index contributed by atoms with van der Waals surface area (Å²) in [6.07, 6.45) is 0.333. The normalized spacial score (nSPS) is 11.7. The average molecular weight is 262 g/mol. The maximum absolute atomic E-state index is 11.2. The number of H-pyrrole nitrogens is 2. The Hall–Kier alpha value is -2.37. The van der Waals surface area contributed by atoms with Crippen LogP contribution in [0, 0.1) is 5.41 Å². The van der Waals surface area contributed by atoms with Gasteiger partial charge in [-0.25, -0.2) is 0 Å². The lowest BCUT2D eigenvalue weighted by atomic mass is 9.86. The first kappa shape index (κ1) is 13.1. The summed E-state index contributed by atoms with van der Waals surface area (Å²) in [7, 11) is 0. The monoisotopic (exact) mass is 262 g/mol. The molecule has 0 aliphatic rings. The van der Waals surface area contributed by atoms with Crippen molar-refractivity contribution in [2.45, 2.75) is 20.3 Å². The minimum Gasteiger partial charge on any atom is -0.481 e. The zero-order valence-corrected chi connectivity index (χ0v) is 10.6. The van der Waals surface area contributed by atoms with Crippen LogP contribution < -0.4 is 11.1 Å². The molecule has 100 valence electrons. The second kappa shape index (κ2) is 4.38. The Morgan fingerprint density at radius 2 is 1.74 bits per heavy atom. The molecule has 6 heteroatoms. The van der Waals surface area contributed by atoms with Crippen molar-refractivity contribution in [2.24, 2.45) is 5.41 Å². The molecular formula is C13H14N2O4. The van der Waals surface area contributed by atoms with Crippen LogP contribution in [0.3, 0.4) is 0 Å². The molecule has 0 atom stereocenters. The van der Waals surface area contributed by atoms with Gasteiger partial charge >= 0.3 is 17.1 Å². The minimum atomic E-state index is -0.893. The Bertz CT molecular complexity index is 755. The van der Waals surface area contributed by atoms with E-state index in [0.29, 0.717) is 17.5 Å². The van der Waals surface area contributed by atoms with Crippen molar-refractivity contribution < 1.29 is 9.90 Å². The van der Waals surface area contributed by atoms with Crippen LogP contribution in [0.4, 0.5) is 0 Å². The molecule has 0 radical (unpaired) electrons. The number of hydrogen-bond donors (Lipinski definition) is 3. The smallest absolute Gasteiger partial charge is 0.314 e. The molecule has 0 unspecified atom stereocenters. The van der Waals surface area contributed by atoms with Crippen LogP contribution in [0.2, 0.25) is 0 Å². The molecule has 0 saturated carbocycles. The number of carboxylic acid groups (broad SMARTS) is 1. The number of benzene rings is 1. The van der Waals surface area contributed by atoms with Crippen LogP contribution in [-0.2, 0) is 11.2 Å². The fourth-order valence-corrected chi connectivity index (χ4v) is 1.86. The highest BCUT2D eigenvalue weighted by molar-refractivity contribution is 5.76. The Labute approximate surface area is 108 Å². The molecule has 2 aromatic rings. The second-order valence-corrected chi connectivity index (χ2v) is 5.15. The fraction of sp³-hybridized carbons (Fsp3) is 0.308. The maximum atomic E-state index is 11.2. The molecule has 1 heterocycles. The zero-order valence-electron chi connectivity index (χ0n) is 10.6. The van der Waals surface area contributed by atoms with Crippen molar-refractivity contribution in [1.29, 1.82) is 0 Å². The number of aromatic nitrogens is 2. The van der Waals surface area contributed by atoms with Crippen molar-refractivity contribution in [3.8, 4) is 0 Å². The summed E-state index contributed by atoms with van der Waals surface area (Å²) >= 11 is 0. The molecular weight excluding hydrogens is 248 g/mol. The van der Waals surface area contributed by atoms with E-state index in [1.807, 2.05) is 0 Å². The summed E-state index contributed by atoms with van der Waals surface area (Å²) in [4.78, 5) is 38.4. The molecule has 1 aromatic heterocycles. The first-order valence-corrected chi connectivity index (χ1v) is 5.78. The molecule has 3 N–H and O–H groups in total. The Morgan fingerprint density at radius 1 is 1.16 bits per heavy atom. The maximum Gasteiger partial charge on any atom is 0.314 e. The van der Waals surface area contributed by atoms with Crippen LogP contribution in [-0.4, -0.2) is 21.0 Å². The number of aliphatic carboxylic acids is 1. The lowest BCUT2D eigenvalue weighted by Crippen LogP contribution is -2.29. The number of rotatable bonds is 3. The molecule has 1 aromatic carbocycles. The van der Waals surface area contributed by atoms with Crippen LogP contribution in [0.5, 0.6) is 0 Å². The molecule has 0 bridgehead atoms. The summed E-state index contributed by atoms with van der Waals surface area (Å²) in [6.45, 7) is 3.27. The highest BCUT2D eigenvalue weighted by Crippen LogP contribution is 2.23. The van der Waals surface area contributed by atoms with Crippen molar-refractivity contribution in [3.63, 3.8) is 0 Å². The molecule has 0 spiro atoms. The molecule has 0 amide bonds. The van der Waals surface area contributed by atoms with Gasteiger partial charge in [-0.2, -0.15) is 0 Å². The summed E-state index contributed by atoms with van der Waals surface area (Å²) in [6, 6.07) is 5.07. The number of hydrogen-bond acceptors (Lipinski definition) is 3. The van der Waals surface area contributed by atoms with E-state index >= 15 is 0 Å². The zero-order chi connectivity index (χ0) is 14.2. The number of nitrogens with one attached hydrogen (secondary N) is 2. The molecule has 0 aliphatic heterocycles. The summed E-state index contributed by atoms with van der Waals surface area (Å²) in [5, 5.41) is 9.09. The number of carbonyl (C=O) groups is 1. The first-order chi connectivity index (χ1) is 8.79. The number of carboxylic acids is 1. The molecule has 0 fully saturated rings. The molecule has 0 saturated heterocycles. The quantitative estimate of drug-likeness (QED) is 0.714. The van der Waals surface area contributed by atoms with Crippen LogP contribution in [0.15, 0.2) is 27.8 Å². The predicted molar refractivity (Wildman–Crippen MR) is 70.3 cm³/mol. The number of aromatic amines is 2. The van der Waals surface area contributed by atoms with Gasteiger partial charge in [-0.05, 0) is 38.0 Å². The van der Waals surface area contributed by atoms with E-state index < -0.39 is 22.5 Å². The van der Waals surface area contributed by atoms with Crippen molar-refractivity contribution >= 4 is 17.0 Å². The van der Waals surface area contributed by atoms with E-state index in [0.717, 1.165) is 5.56 Å². The van der Waals surface area contributed by atoms with E-state index in [1.165, 1.54) is 0 Å². The van der Waals surface area contributed by atoms with Gasteiger partial charge in [0, 0.05) is 0 Å². The van der Waals surface area contributed by atoms with Gasteiger partial charge in [0.2, 0.25) is 0 Å². The SMILES string of the molecule is CC(C)(Cc1ccc2[nH]c(=O)c(=O)[nH]c2c1)C(=O)O. The summed E-state index contributed by atoms with van der Waals surface area (Å²) in [5.41, 5.74) is -0.531. The lowest BCUT2D eigenvalue weighted by molar-refractivity contribution is -0.146. The Morgan fingerprint density at radius 3 is 2.32 bits per heavy atom. The summed E-state index contributed by atoms with van der Waals surface area (Å²) in [5.74, 6) is -0.887. The van der Waals surface area contributed by atoms with E-state index in [2.05, 4.69) is 9.97 Å². The largest absolute Gasteiger partial charge is 0.481 e. The summed E-state index contributed by atoms with van der Waals surface area (Å²) < 4.78 is 0. The van der Waals surface area contributed by atoms with E-state index in [1.54, 1.807) is 32.0 Å². The highest BCUT2D eigenvalue weighted by atomic mass is 16.4. The van der Waals surface area contributed by atoms with Gasteiger partial charge in [0.25, 0.3) is 0 Å². The topological polar surface area (TPSA) is 103 Å². The molecule has 0 aliphatic carbocycles. The van der Waals surface area contributed by atoms with E-state index in [9.17, 15) is 14.4 Å². The van der Waals surface area contributed by atoms with Crippen LogP contribution in [0.1, 0.15) is 19.4 Å². The van der Waals surface area contributed by atoms with Crippen LogP contribution in [0.25, 0.3) is 11.0 Å². The van der Waals surface area contributed by atoms with Gasteiger partial charge in [0.05, 0.1) is 16.4 Å². The second-order valence-electron chi connectivity index (χ2n) is 5.15. The van der Waals surface area contributed by atoms with Gasteiger partial charge in [0.15, 0.2) is 0 Å². The molecule has 2 rings (SSSR count). The Balaban J connectivity index is 2.48. The first-order valence-electron chi connectivity index (χ1n) is 5.78. The highest BCUT2D eigenvalue weighted by Gasteiger charge is 2.27. The van der Waals surface area contributed by atoms with Gasteiger partial charge in [-0.15, -0.1) is 0 Å². The third kappa shape index (κ3) is 2.57. The van der Waals surface area contributed by atoms with Crippen molar-refractivity contribution in [2.75, 3.05) is 0 Å². The third-order valence-electron chi connectivity index (χ3n) is 3.01. The van der Waals surface area contributed by atoms with Gasteiger partial charge in [-0.1, -0.05) is 6.07 Å². The van der Waals surface area contributed by atoms with Crippen LogP contribution >= 0.6 is 0 Å². The number of fused-ring (bicyclic) bond motifs is 1. The lowest BCUT2D eigenvalue weighted by Gasteiger charge is -2.19. The van der Waals surface area contributed by atoms with Gasteiger partial charge in [-0.3, -0.25) is 14.4 Å². The van der Waals surface area contributed by atoms with Crippen molar-refractivity contribution in [1.82, 2.24) is 9.97 Å². The minimum absolute atomic E-state index is 0.333.